The molecule has 1 aromatic heterocycles. The summed E-state index contributed by atoms with van der Waals surface area (Å²) in [5.41, 5.74) is 0. The molecule has 1 saturated heterocycles. The summed E-state index contributed by atoms with van der Waals surface area (Å²) in [4.78, 5) is 16.4. The highest BCUT2D eigenvalue weighted by molar-refractivity contribution is 5.75. The molecule has 6 heteroatoms. The van der Waals surface area contributed by atoms with Crippen LogP contribution in [0.3, 0.4) is 0 Å². The van der Waals surface area contributed by atoms with Gasteiger partial charge < -0.3 is 9.64 Å². The number of aryl methyl sites for hydroxylation is 1. The van der Waals surface area contributed by atoms with Crippen molar-refractivity contribution in [3.05, 3.63) is 18.5 Å². The van der Waals surface area contributed by atoms with Gasteiger partial charge in [-0.2, -0.15) is 5.10 Å². The van der Waals surface area contributed by atoms with E-state index in [0.717, 1.165) is 52.2 Å². The van der Waals surface area contributed by atoms with Gasteiger partial charge >= 0.3 is 0 Å². The molecule has 0 saturated carbocycles. The second-order valence-corrected chi connectivity index (χ2v) is 5.97. The van der Waals surface area contributed by atoms with E-state index in [4.69, 9.17) is 4.74 Å². The van der Waals surface area contributed by atoms with Gasteiger partial charge in [-0.15, -0.1) is 0 Å². The zero-order valence-corrected chi connectivity index (χ0v) is 13.8. The molecular formula is C16H28N4O2. The Morgan fingerprint density at radius 2 is 2.18 bits per heavy atom. The van der Waals surface area contributed by atoms with Crippen molar-refractivity contribution in [3.63, 3.8) is 0 Å². The van der Waals surface area contributed by atoms with E-state index in [2.05, 4.69) is 16.9 Å². The van der Waals surface area contributed by atoms with Crippen LogP contribution in [0.1, 0.15) is 26.2 Å². The van der Waals surface area contributed by atoms with Crippen LogP contribution in [0.4, 0.5) is 0 Å². The van der Waals surface area contributed by atoms with Gasteiger partial charge in [0.1, 0.15) is 0 Å². The fourth-order valence-corrected chi connectivity index (χ4v) is 2.75. The molecule has 0 spiro atoms. The van der Waals surface area contributed by atoms with Crippen LogP contribution in [0.2, 0.25) is 0 Å². The van der Waals surface area contributed by atoms with Crippen LogP contribution in [0, 0.1) is 0 Å². The number of ether oxygens (including phenoxy) is 1. The minimum absolute atomic E-state index is 0.237. The van der Waals surface area contributed by atoms with Gasteiger partial charge in [0.2, 0.25) is 5.91 Å². The first-order valence-corrected chi connectivity index (χ1v) is 8.20. The Labute approximate surface area is 133 Å². The third kappa shape index (κ3) is 5.42. The maximum atomic E-state index is 12.2. The number of nitrogens with zero attached hydrogens (tertiary/aromatic N) is 4. The van der Waals surface area contributed by atoms with E-state index in [1.165, 1.54) is 0 Å². The summed E-state index contributed by atoms with van der Waals surface area (Å²) in [6.45, 7) is 7.43. The van der Waals surface area contributed by atoms with Crippen LogP contribution in [0.5, 0.6) is 0 Å². The number of aromatic nitrogens is 2. The summed E-state index contributed by atoms with van der Waals surface area (Å²) < 4.78 is 7.27. The quantitative estimate of drug-likeness (QED) is 0.725. The van der Waals surface area contributed by atoms with Gasteiger partial charge in [0.05, 0.1) is 13.2 Å². The van der Waals surface area contributed by atoms with E-state index in [1.54, 1.807) is 6.20 Å². The molecule has 22 heavy (non-hydrogen) atoms. The van der Waals surface area contributed by atoms with Gasteiger partial charge in [0.15, 0.2) is 0 Å². The Morgan fingerprint density at radius 1 is 1.41 bits per heavy atom. The monoisotopic (exact) mass is 308 g/mol. The molecule has 1 unspecified atom stereocenters. The van der Waals surface area contributed by atoms with Crippen molar-refractivity contribution < 1.29 is 9.53 Å². The van der Waals surface area contributed by atoms with Crippen LogP contribution < -0.4 is 0 Å². The lowest BCUT2D eigenvalue weighted by molar-refractivity contribution is -0.130. The van der Waals surface area contributed by atoms with Gasteiger partial charge in [-0.3, -0.25) is 14.4 Å². The highest BCUT2D eigenvalue weighted by atomic mass is 16.5. The first-order chi connectivity index (χ1) is 10.7. The van der Waals surface area contributed by atoms with E-state index in [0.29, 0.717) is 12.5 Å². The molecule has 2 heterocycles. The van der Waals surface area contributed by atoms with Crippen LogP contribution in [-0.4, -0.2) is 71.4 Å². The summed E-state index contributed by atoms with van der Waals surface area (Å²) in [6.07, 6.45) is 6.20. The molecule has 2 rings (SSSR count). The maximum absolute atomic E-state index is 12.2. The topological polar surface area (TPSA) is 50.6 Å². The highest BCUT2D eigenvalue weighted by Crippen LogP contribution is 2.10. The van der Waals surface area contributed by atoms with Gasteiger partial charge in [0.25, 0.3) is 0 Å². The molecular weight excluding hydrogens is 280 g/mol. The number of amides is 1. The molecule has 0 bridgehead atoms. The van der Waals surface area contributed by atoms with Gasteiger partial charge in [-0.05, 0) is 25.8 Å². The lowest BCUT2D eigenvalue weighted by Crippen LogP contribution is -2.42. The summed E-state index contributed by atoms with van der Waals surface area (Å²) in [6, 6.07) is 2.37. The molecule has 1 atom stereocenters. The van der Waals surface area contributed by atoms with Crippen LogP contribution in [0.25, 0.3) is 0 Å². The second kappa shape index (κ2) is 8.90. The predicted molar refractivity (Wildman–Crippen MR) is 85.6 cm³/mol. The van der Waals surface area contributed by atoms with Crippen molar-refractivity contribution in [1.82, 2.24) is 19.6 Å². The van der Waals surface area contributed by atoms with Crippen molar-refractivity contribution in [2.75, 3.05) is 39.9 Å². The molecule has 1 amide bonds. The lowest BCUT2D eigenvalue weighted by atomic mass is 10.1. The Bertz CT molecular complexity index is 429. The number of morpholine rings is 1. The Balaban J connectivity index is 1.60. The Hall–Kier alpha value is -1.40. The van der Waals surface area contributed by atoms with E-state index in [1.807, 2.05) is 28.9 Å². The standard InChI is InChI=1S/C16H28N4O2/c1-15(19-11-13-22-14-12-19)5-6-16(21)18(2)8-4-10-20-9-3-7-17-20/h3,7,9,15H,4-6,8,10-14H2,1-2H3. The normalized spacial score (nSPS) is 17.4. The molecule has 124 valence electrons. The number of rotatable bonds is 8. The molecule has 0 aliphatic carbocycles. The summed E-state index contributed by atoms with van der Waals surface area (Å²) in [7, 11) is 1.89. The molecule has 0 aromatic carbocycles. The fraction of sp³-hybridized carbons (Fsp3) is 0.750. The molecule has 0 N–H and O–H groups in total. The Morgan fingerprint density at radius 3 is 2.86 bits per heavy atom. The zero-order valence-electron chi connectivity index (χ0n) is 13.8. The van der Waals surface area contributed by atoms with Crippen LogP contribution >= 0.6 is 0 Å². The molecule has 6 nitrogen and oxygen atoms in total. The van der Waals surface area contributed by atoms with E-state index < -0.39 is 0 Å². The fourth-order valence-electron chi connectivity index (χ4n) is 2.75. The van der Waals surface area contributed by atoms with Crippen molar-refractivity contribution in [2.45, 2.75) is 38.8 Å². The van der Waals surface area contributed by atoms with E-state index in [9.17, 15) is 4.79 Å². The average molecular weight is 308 g/mol. The number of hydrogen-bond donors (Lipinski definition) is 0. The largest absolute Gasteiger partial charge is 0.379 e. The van der Waals surface area contributed by atoms with Crippen molar-refractivity contribution in [2.24, 2.45) is 0 Å². The number of carbonyl (C=O) groups excluding carboxylic acids is 1. The lowest BCUT2D eigenvalue weighted by Gasteiger charge is -2.32. The van der Waals surface area contributed by atoms with Gasteiger partial charge in [0, 0.05) is 58.1 Å². The maximum Gasteiger partial charge on any atom is 0.222 e. The summed E-state index contributed by atoms with van der Waals surface area (Å²) >= 11 is 0. The van der Waals surface area contributed by atoms with Crippen molar-refractivity contribution in [1.29, 1.82) is 0 Å². The van der Waals surface area contributed by atoms with E-state index in [-0.39, 0.29) is 5.91 Å². The van der Waals surface area contributed by atoms with Gasteiger partial charge in [-0.25, -0.2) is 0 Å². The number of hydrogen-bond acceptors (Lipinski definition) is 4. The smallest absolute Gasteiger partial charge is 0.222 e. The van der Waals surface area contributed by atoms with Crippen molar-refractivity contribution in [3.8, 4) is 0 Å². The minimum atomic E-state index is 0.237. The predicted octanol–water partition coefficient (Wildman–Crippen LogP) is 1.23. The molecule has 1 fully saturated rings. The first-order valence-electron chi connectivity index (χ1n) is 8.20. The SMILES string of the molecule is CC(CCC(=O)N(C)CCCn1cccn1)N1CCOCC1. The minimum Gasteiger partial charge on any atom is -0.379 e. The summed E-state index contributed by atoms with van der Waals surface area (Å²) in [5.74, 6) is 0.237. The van der Waals surface area contributed by atoms with E-state index >= 15 is 0 Å². The highest BCUT2D eigenvalue weighted by Gasteiger charge is 2.18. The van der Waals surface area contributed by atoms with Crippen LogP contribution in [-0.2, 0) is 16.1 Å². The van der Waals surface area contributed by atoms with Crippen LogP contribution in [0.15, 0.2) is 18.5 Å². The average Bonchev–Trinajstić information content (AvgIpc) is 3.06. The second-order valence-electron chi connectivity index (χ2n) is 5.97. The third-order valence-corrected chi connectivity index (χ3v) is 4.31. The summed E-state index contributed by atoms with van der Waals surface area (Å²) in [5, 5.41) is 4.17. The molecule has 1 aliphatic rings. The Kier molecular flexibility index (Phi) is 6.86. The first kappa shape index (κ1) is 17.0. The third-order valence-electron chi connectivity index (χ3n) is 4.31. The molecule has 0 radical (unpaired) electrons. The number of carbonyl (C=O) groups is 1. The zero-order chi connectivity index (χ0) is 15.8. The molecule has 1 aliphatic heterocycles. The van der Waals surface area contributed by atoms with Crippen molar-refractivity contribution >= 4 is 5.91 Å². The molecule has 1 aromatic rings. The van der Waals surface area contributed by atoms with Gasteiger partial charge in [-0.1, -0.05) is 0 Å².